The summed E-state index contributed by atoms with van der Waals surface area (Å²) in [5.74, 6) is 0. The topological polar surface area (TPSA) is 18.5 Å². The highest BCUT2D eigenvalue weighted by atomic mass is 16.6. The molecule has 0 N–H and O–H groups in total. The van der Waals surface area contributed by atoms with Gasteiger partial charge in [-0.3, -0.25) is 0 Å². The molecule has 1 heterocycles. The number of hydrogen-bond donors (Lipinski definition) is 0. The Bertz CT molecular complexity index is 273. The molecule has 0 bridgehead atoms. The maximum absolute atomic E-state index is 5.57. The Morgan fingerprint density at radius 3 is 2.64 bits per heavy atom. The van der Waals surface area contributed by atoms with Gasteiger partial charge in [0.05, 0.1) is 25.9 Å². The Morgan fingerprint density at radius 2 is 2.00 bits per heavy atom. The molecular formula is C12H15O2. The van der Waals surface area contributed by atoms with Gasteiger partial charge in [0, 0.05) is 6.42 Å². The molecule has 14 heavy (non-hydrogen) atoms. The Kier molecular flexibility index (Phi) is 3.17. The van der Waals surface area contributed by atoms with E-state index in [0.717, 1.165) is 25.2 Å². The van der Waals surface area contributed by atoms with E-state index in [1.54, 1.807) is 0 Å². The molecular weight excluding hydrogens is 176 g/mol. The van der Waals surface area contributed by atoms with Gasteiger partial charge in [-0.05, 0) is 18.1 Å². The van der Waals surface area contributed by atoms with Gasteiger partial charge in [-0.2, -0.15) is 0 Å². The third-order valence-corrected chi connectivity index (χ3v) is 2.37. The summed E-state index contributed by atoms with van der Waals surface area (Å²) < 4.78 is 10.9. The smallest absolute Gasteiger partial charge is 0.0849 e. The van der Waals surface area contributed by atoms with Gasteiger partial charge in [0.15, 0.2) is 0 Å². The van der Waals surface area contributed by atoms with Gasteiger partial charge in [0.25, 0.3) is 0 Å². The third kappa shape index (κ3) is 2.56. The monoisotopic (exact) mass is 191 g/mol. The van der Waals surface area contributed by atoms with Crippen LogP contribution in [0.5, 0.6) is 0 Å². The zero-order chi connectivity index (χ0) is 9.80. The van der Waals surface area contributed by atoms with E-state index in [0.29, 0.717) is 6.61 Å². The van der Waals surface area contributed by atoms with E-state index in [2.05, 4.69) is 19.1 Å². The molecule has 0 saturated carbocycles. The molecule has 0 amide bonds. The molecule has 0 aliphatic carbocycles. The van der Waals surface area contributed by atoms with Gasteiger partial charge >= 0.3 is 0 Å². The summed E-state index contributed by atoms with van der Waals surface area (Å²) in [5.41, 5.74) is 2.34. The van der Waals surface area contributed by atoms with Crippen molar-refractivity contribution in [3.8, 4) is 0 Å². The number of benzene rings is 1. The van der Waals surface area contributed by atoms with Crippen LogP contribution in [-0.4, -0.2) is 25.9 Å². The van der Waals surface area contributed by atoms with Crippen LogP contribution >= 0.6 is 0 Å². The average Bonchev–Trinajstić information content (AvgIpc) is 2.23. The first-order chi connectivity index (χ1) is 6.84. The number of rotatable bonds is 2. The van der Waals surface area contributed by atoms with Crippen molar-refractivity contribution in [1.29, 1.82) is 0 Å². The van der Waals surface area contributed by atoms with Crippen LogP contribution in [0, 0.1) is 6.92 Å². The summed E-state index contributed by atoms with van der Waals surface area (Å²) >= 11 is 0. The van der Waals surface area contributed by atoms with E-state index < -0.39 is 0 Å². The summed E-state index contributed by atoms with van der Waals surface area (Å²) in [6.07, 6.45) is 1.15. The van der Waals surface area contributed by atoms with Crippen LogP contribution in [0.2, 0.25) is 0 Å². The lowest BCUT2D eigenvalue weighted by Crippen LogP contribution is -2.30. The molecule has 1 unspecified atom stereocenters. The largest absolute Gasteiger partial charge is 0.376 e. The molecule has 2 nitrogen and oxygen atoms in total. The molecule has 1 atom stereocenters. The Hall–Kier alpha value is -0.860. The fraction of sp³-hybridized carbons (Fsp3) is 0.417. The Morgan fingerprint density at radius 1 is 1.21 bits per heavy atom. The molecule has 2 heteroatoms. The minimum atomic E-state index is 0.222. The molecule has 1 radical (unpaired) electrons. The molecule has 2 rings (SSSR count). The van der Waals surface area contributed by atoms with Crippen LogP contribution in [0.3, 0.4) is 0 Å². The maximum Gasteiger partial charge on any atom is 0.0849 e. The highest BCUT2D eigenvalue weighted by Crippen LogP contribution is 2.10. The van der Waals surface area contributed by atoms with Crippen molar-refractivity contribution in [2.45, 2.75) is 12.5 Å². The van der Waals surface area contributed by atoms with E-state index in [-0.39, 0.29) is 6.10 Å². The van der Waals surface area contributed by atoms with Crippen molar-refractivity contribution in [2.24, 2.45) is 0 Å². The molecule has 1 aromatic rings. The highest BCUT2D eigenvalue weighted by molar-refractivity contribution is 5.24. The molecule has 1 fully saturated rings. The minimum absolute atomic E-state index is 0.222. The minimum Gasteiger partial charge on any atom is -0.376 e. The van der Waals surface area contributed by atoms with Crippen molar-refractivity contribution in [3.05, 3.63) is 42.3 Å². The Balaban J connectivity index is 1.92. The predicted octanol–water partition coefficient (Wildman–Crippen LogP) is 1.83. The molecule has 75 valence electrons. The Labute approximate surface area is 84.8 Å². The van der Waals surface area contributed by atoms with Gasteiger partial charge < -0.3 is 9.47 Å². The zero-order valence-corrected chi connectivity index (χ0v) is 8.24. The third-order valence-electron chi connectivity index (χ3n) is 2.37. The highest BCUT2D eigenvalue weighted by Gasteiger charge is 2.14. The summed E-state index contributed by atoms with van der Waals surface area (Å²) in [6.45, 7) is 6.02. The fourth-order valence-electron chi connectivity index (χ4n) is 1.59. The first-order valence-corrected chi connectivity index (χ1v) is 4.95. The molecule has 1 aliphatic rings. The number of hydrogen-bond acceptors (Lipinski definition) is 2. The molecule has 1 aliphatic heterocycles. The van der Waals surface area contributed by atoms with Crippen molar-refractivity contribution in [2.75, 3.05) is 19.8 Å². The van der Waals surface area contributed by atoms with Crippen molar-refractivity contribution in [1.82, 2.24) is 0 Å². The second-order valence-corrected chi connectivity index (χ2v) is 3.59. The van der Waals surface area contributed by atoms with E-state index >= 15 is 0 Å². The lowest BCUT2D eigenvalue weighted by Gasteiger charge is -2.22. The summed E-state index contributed by atoms with van der Waals surface area (Å²) in [6, 6.07) is 8.25. The van der Waals surface area contributed by atoms with Crippen LogP contribution in [0.15, 0.2) is 24.3 Å². The van der Waals surface area contributed by atoms with Gasteiger partial charge in [0.1, 0.15) is 0 Å². The average molecular weight is 191 g/mol. The maximum atomic E-state index is 5.57. The number of ether oxygens (including phenoxy) is 2. The van der Waals surface area contributed by atoms with Crippen LogP contribution < -0.4 is 0 Å². The van der Waals surface area contributed by atoms with Crippen LogP contribution in [0.4, 0.5) is 0 Å². The predicted molar refractivity (Wildman–Crippen MR) is 55.2 cm³/mol. The summed E-state index contributed by atoms with van der Waals surface area (Å²) in [4.78, 5) is 0. The fourth-order valence-corrected chi connectivity index (χ4v) is 1.59. The summed E-state index contributed by atoms with van der Waals surface area (Å²) in [7, 11) is 0. The lowest BCUT2D eigenvalue weighted by atomic mass is 10.1. The molecule has 0 aromatic heterocycles. The quantitative estimate of drug-likeness (QED) is 0.710. The second kappa shape index (κ2) is 4.58. The molecule has 0 spiro atoms. The van der Waals surface area contributed by atoms with E-state index in [1.165, 1.54) is 5.56 Å². The van der Waals surface area contributed by atoms with E-state index in [4.69, 9.17) is 9.47 Å². The van der Waals surface area contributed by atoms with Crippen molar-refractivity contribution in [3.63, 3.8) is 0 Å². The lowest BCUT2D eigenvalue weighted by molar-refractivity contribution is -0.0872. The summed E-state index contributed by atoms with van der Waals surface area (Å²) in [5, 5.41) is 0. The van der Waals surface area contributed by atoms with Crippen LogP contribution in [-0.2, 0) is 15.9 Å². The van der Waals surface area contributed by atoms with E-state index in [1.807, 2.05) is 12.1 Å². The normalized spacial score (nSPS) is 22.2. The second-order valence-electron chi connectivity index (χ2n) is 3.59. The van der Waals surface area contributed by atoms with Gasteiger partial charge in [0.2, 0.25) is 0 Å². The van der Waals surface area contributed by atoms with Gasteiger partial charge in [-0.1, -0.05) is 24.3 Å². The standard InChI is InChI=1S/C12H15O2/c1-10-2-4-11(5-3-10)8-12-9-13-6-7-14-12/h2-5,12H,1,6-9H2. The van der Waals surface area contributed by atoms with Gasteiger partial charge in [-0.15, -0.1) is 0 Å². The molecule has 1 saturated heterocycles. The van der Waals surface area contributed by atoms with Crippen molar-refractivity contribution >= 4 is 0 Å². The van der Waals surface area contributed by atoms with Crippen molar-refractivity contribution < 1.29 is 9.47 Å². The van der Waals surface area contributed by atoms with Gasteiger partial charge in [-0.25, -0.2) is 0 Å². The molecule has 1 aromatic carbocycles. The van der Waals surface area contributed by atoms with Crippen LogP contribution in [0.1, 0.15) is 11.1 Å². The first kappa shape index (κ1) is 9.69. The van der Waals surface area contributed by atoms with Crippen LogP contribution in [0.25, 0.3) is 0 Å². The first-order valence-electron chi connectivity index (χ1n) is 4.95. The zero-order valence-electron chi connectivity index (χ0n) is 8.24. The SMILES string of the molecule is [CH2]c1ccc(CC2COCCO2)cc1. The van der Waals surface area contributed by atoms with E-state index in [9.17, 15) is 0 Å².